The Bertz CT molecular complexity index is 437. The van der Waals surface area contributed by atoms with Crippen LogP contribution in [0.5, 0.6) is 5.75 Å². The molecule has 0 bridgehead atoms. The van der Waals surface area contributed by atoms with Crippen molar-refractivity contribution in [3.63, 3.8) is 0 Å². The molecule has 3 heteroatoms. The van der Waals surface area contributed by atoms with E-state index in [-0.39, 0.29) is 16.9 Å². The van der Waals surface area contributed by atoms with Crippen LogP contribution in [-0.2, 0) is 0 Å². The molecular formula is C15H20BrClO. The minimum Gasteiger partial charge on any atom is -0.490 e. The number of rotatable bonds is 3. The second-order valence-corrected chi connectivity index (χ2v) is 6.86. The summed E-state index contributed by atoms with van der Waals surface area (Å²) in [5, 5.41) is 0.241. The van der Waals surface area contributed by atoms with E-state index >= 15 is 0 Å². The molecule has 0 N–H and O–H groups in total. The van der Waals surface area contributed by atoms with Gasteiger partial charge in [0, 0.05) is 21.7 Å². The normalized spacial score (nSPS) is 31.0. The van der Waals surface area contributed by atoms with Crippen molar-refractivity contribution in [2.75, 3.05) is 0 Å². The highest BCUT2D eigenvalue weighted by atomic mass is 79.9. The van der Waals surface area contributed by atoms with Gasteiger partial charge in [-0.3, -0.25) is 0 Å². The van der Waals surface area contributed by atoms with Crippen molar-refractivity contribution in [3.05, 3.63) is 27.7 Å². The molecule has 1 saturated carbocycles. The summed E-state index contributed by atoms with van der Waals surface area (Å²) in [5.74, 6) is 0.960. The molecule has 1 aliphatic carbocycles. The average molecular weight is 332 g/mol. The van der Waals surface area contributed by atoms with Gasteiger partial charge in [0.15, 0.2) is 0 Å². The summed E-state index contributed by atoms with van der Waals surface area (Å²) in [7, 11) is 0. The quantitative estimate of drug-likeness (QED) is 0.688. The summed E-state index contributed by atoms with van der Waals surface area (Å²) in [5.41, 5.74) is 2.53. The van der Waals surface area contributed by atoms with Crippen LogP contribution in [0.1, 0.15) is 37.8 Å². The van der Waals surface area contributed by atoms with E-state index in [0.29, 0.717) is 0 Å². The van der Waals surface area contributed by atoms with Gasteiger partial charge in [0.1, 0.15) is 11.9 Å². The van der Waals surface area contributed by atoms with Gasteiger partial charge in [0.05, 0.1) is 0 Å². The van der Waals surface area contributed by atoms with Crippen molar-refractivity contribution in [2.24, 2.45) is 5.41 Å². The largest absolute Gasteiger partial charge is 0.490 e. The zero-order chi connectivity index (χ0) is 13.5. The molecule has 2 rings (SSSR count). The van der Waals surface area contributed by atoms with Crippen molar-refractivity contribution >= 4 is 27.5 Å². The minimum atomic E-state index is 0.108. The van der Waals surface area contributed by atoms with Crippen molar-refractivity contribution in [1.82, 2.24) is 0 Å². The highest BCUT2D eigenvalue weighted by Gasteiger charge is 2.51. The molecule has 0 amide bonds. The topological polar surface area (TPSA) is 9.23 Å². The van der Waals surface area contributed by atoms with Gasteiger partial charge in [-0.1, -0.05) is 29.8 Å². The maximum absolute atomic E-state index is 6.32. The number of aryl methyl sites for hydroxylation is 2. The molecule has 0 aromatic heterocycles. The Balaban J connectivity index is 2.16. The number of halogens is 2. The van der Waals surface area contributed by atoms with Gasteiger partial charge < -0.3 is 4.74 Å². The summed E-state index contributed by atoms with van der Waals surface area (Å²) in [6, 6.07) is 4.18. The molecular weight excluding hydrogens is 312 g/mol. The first-order valence-corrected chi connectivity index (χ1v) is 7.69. The first-order chi connectivity index (χ1) is 8.38. The average Bonchev–Trinajstić information content (AvgIpc) is 2.34. The van der Waals surface area contributed by atoms with E-state index in [1.165, 1.54) is 11.1 Å². The molecule has 1 nitrogen and oxygen atoms in total. The van der Waals surface area contributed by atoms with Crippen LogP contribution in [-0.4, -0.2) is 11.5 Å². The van der Waals surface area contributed by atoms with Gasteiger partial charge in [0.25, 0.3) is 0 Å². The van der Waals surface area contributed by atoms with E-state index in [9.17, 15) is 0 Å². The van der Waals surface area contributed by atoms with E-state index in [0.717, 1.165) is 23.1 Å². The molecule has 18 heavy (non-hydrogen) atoms. The first-order valence-electron chi connectivity index (χ1n) is 6.46. The summed E-state index contributed by atoms with van der Waals surface area (Å²) in [6.07, 6.45) is 2.24. The van der Waals surface area contributed by atoms with Crippen molar-refractivity contribution in [3.8, 4) is 5.75 Å². The fourth-order valence-electron chi connectivity index (χ4n) is 2.54. The SMILES string of the molecule is CCC1(C)C(Cl)CC1Oc1cc(C)c(Br)c(C)c1. The molecule has 1 aliphatic rings. The molecule has 0 saturated heterocycles. The predicted molar refractivity (Wildman–Crippen MR) is 80.7 cm³/mol. The van der Waals surface area contributed by atoms with E-state index in [4.69, 9.17) is 16.3 Å². The molecule has 1 fully saturated rings. The zero-order valence-corrected chi connectivity index (χ0v) is 13.7. The zero-order valence-electron chi connectivity index (χ0n) is 11.4. The number of hydrogen-bond acceptors (Lipinski definition) is 1. The summed E-state index contributed by atoms with van der Waals surface area (Å²) >= 11 is 9.90. The number of ether oxygens (including phenoxy) is 1. The first kappa shape index (κ1) is 14.2. The Morgan fingerprint density at radius 1 is 1.39 bits per heavy atom. The molecule has 0 heterocycles. The monoisotopic (exact) mass is 330 g/mol. The molecule has 0 spiro atoms. The maximum atomic E-state index is 6.32. The Morgan fingerprint density at radius 2 is 1.94 bits per heavy atom. The Morgan fingerprint density at radius 3 is 2.39 bits per heavy atom. The standard InChI is InChI=1S/C15H20BrClO/c1-5-15(4)12(17)8-13(15)18-11-6-9(2)14(16)10(3)7-11/h6-7,12-13H,5,8H2,1-4H3. The third-order valence-electron chi connectivity index (χ3n) is 4.32. The highest BCUT2D eigenvalue weighted by Crippen LogP contribution is 2.49. The number of alkyl halides is 1. The van der Waals surface area contributed by atoms with Crippen molar-refractivity contribution in [2.45, 2.75) is 52.0 Å². The lowest BCUT2D eigenvalue weighted by Gasteiger charge is -2.50. The van der Waals surface area contributed by atoms with Crippen molar-refractivity contribution in [1.29, 1.82) is 0 Å². The number of benzene rings is 1. The smallest absolute Gasteiger partial charge is 0.120 e. The molecule has 3 atom stereocenters. The summed E-state index contributed by atoms with van der Waals surface area (Å²) in [4.78, 5) is 0. The molecule has 1 aromatic rings. The predicted octanol–water partition coefficient (Wildman–Crippen LogP) is 5.24. The van der Waals surface area contributed by atoms with Crippen LogP contribution in [0.2, 0.25) is 0 Å². The second-order valence-electron chi connectivity index (χ2n) is 5.54. The Kier molecular flexibility index (Phi) is 3.99. The van der Waals surface area contributed by atoms with E-state index in [1.807, 2.05) is 0 Å². The highest BCUT2D eigenvalue weighted by molar-refractivity contribution is 9.10. The van der Waals surface area contributed by atoms with Crippen molar-refractivity contribution < 1.29 is 4.74 Å². The van der Waals surface area contributed by atoms with Gasteiger partial charge in [-0.25, -0.2) is 0 Å². The van der Waals surface area contributed by atoms with Crippen LogP contribution < -0.4 is 4.74 Å². The van der Waals surface area contributed by atoms with Gasteiger partial charge in [-0.2, -0.15) is 0 Å². The van der Waals surface area contributed by atoms with E-state index in [2.05, 4.69) is 55.8 Å². The Hall–Kier alpha value is -0.210. The van der Waals surface area contributed by atoms with E-state index in [1.54, 1.807) is 0 Å². The lowest BCUT2D eigenvalue weighted by molar-refractivity contribution is -0.0295. The number of hydrogen-bond donors (Lipinski definition) is 0. The van der Waals surface area contributed by atoms with Crippen LogP contribution in [0.25, 0.3) is 0 Å². The Labute approximate surface area is 123 Å². The van der Waals surface area contributed by atoms with E-state index < -0.39 is 0 Å². The fourth-order valence-corrected chi connectivity index (χ4v) is 3.22. The molecule has 3 unspecified atom stereocenters. The van der Waals surface area contributed by atoms with Crippen LogP contribution in [0, 0.1) is 19.3 Å². The maximum Gasteiger partial charge on any atom is 0.120 e. The lowest BCUT2D eigenvalue weighted by Crippen LogP contribution is -2.55. The molecule has 0 radical (unpaired) electrons. The molecule has 1 aromatic carbocycles. The molecule has 100 valence electrons. The third kappa shape index (κ3) is 2.30. The van der Waals surface area contributed by atoms with Crippen LogP contribution >= 0.6 is 27.5 Å². The summed E-state index contributed by atoms with van der Waals surface area (Å²) < 4.78 is 7.30. The lowest BCUT2D eigenvalue weighted by atomic mass is 9.65. The third-order valence-corrected chi connectivity index (χ3v) is 6.25. The van der Waals surface area contributed by atoms with Crippen LogP contribution in [0.4, 0.5) is 0 Å². The van der Waals surface area contributed by atoms with Crippen LogP contribution in [0.15, 0.2) is 16.6 Å². The minimum absolute atomic E-state index is 0.108. The van der Waals surface area contributed by atoms with Gasteiger partial charge in [0.2, 0.25) is 0 Å². The summed E-state index contributed by atoms with van der Waals surface area (Å²) in [6.45, 7) is 8.59. The molecule has 0 aliphatic heterocycles. The second kappa shape index (κ2) is 5.05. The van der Waals surface area contributed by atoms with Crippen LogP contribution in [0.3, 0.4) is 0 Å². The van der Waals surface area contributed by atoms with Gasteiger partial charge >= 0.3 is 0 Å². The fraction of sp³-hybridized carbons (Fsp3) is 0.600. The van der Waals surface area contributed by atoms with Gasteiger partial charge in [-0.15, -0.1) is 11.6 Å². The van der Waals surface area contributed by atoms with Gasteiger partial charge in [-0.05, 0) is 43.5 Å².